The molecule has 2 N–H and O–H groups in total. The van der Waals surface area contributed by atoms with Crippen LogP contribution in [-0.4, -0.2) is 39.0 Å². The minimum atomic E-state index is -4.08. The number of sulfonamides is 1. The highest BCUT2D eigenvalue weighted by atomic mass is 32.2. The van der Waals surface area contributed by atoms with Crippen LogP contribution in [0.5, 0.6) is 5.75 Å². The van der Waals surface area contributed by atoms with Gasteiger partial charge in [-0.2, -0.15) is 0 Å². The van der Waals surface area contributed by atoms with E-state index in [0.29, 0.717) is 18.0 Å². The molecule has 1 atom stereocenters. The Hall–Kier alpha value is -5.46. The SMILES string of the molecule is CCOC(=O)c1cc(-c2ccccc2)sc1NC(=O)[C@H](C)OC(=O)c1cccc(S(=O)(=O)Nc2ccc(OCc3ccccc3)cc2)c1. The Kier molecular flexibility index (Phi) is 10.9. The summed E-state index contributed by atoms with van der Waals surface area (Å²) >= 11 is 1.18. The van der Waals surface area contributed by atoms with Gasteiger partial charge in [-0.15, -0.1) is 11.3 Å². The van der Waals surface area contributed by atoms with Gasteiger partial charge < -0.3 is 19.5 Å². The molecule has 5 aromatic rings. The van der Waals surface area contributed by atoms with Crippen LogP contribution in [0.15, 0.2) is 120 Å². The van der Waals surface area contributed by atoms with Crippen LogP contribution in [0.3, 0.4) is 0 Å². The molecule has 0 aliphatic carbocycles. The molecule has 0 aliphatic rings. The highest BCUT2D eigenvalue weighted by molar-refractivity contribution is 7.92. The quantitative estimate of drug-likeness (QED) is 0.125. The largest absolute Gasteiger partial charge is 0.489 e. The highest BCUT2D eigenvalue weighted by Gasteiger charge is 2.25. The van der Waals surface area contributed by atoms with Gasteiger partial charge in [-0.25, -0.2) is 18.0 Å². The molecule has 0 radical (unpaired) electrons. The molecule has 1 heterocycles. The summed E-state index contributed by atoms with van der Waals surface area (Å²) in [6.45, 7) is 3.57. The summed E-state index contributed by atoms with van der Waals surface area (Å²) in [6.07, 6.45) is -1.28. The molecule has 0 bridgehead atoms. The van der Waals surface area contributed by atoms with Gasteiger partial charge >= 0.3 is 11.9 Å². The third-order valence-electron chi connectivity index (χ3n) is 6.91. The maximum absolute atomic E-state index is 13.1. The average Bonchev–Trinajstić information content (AvgIpc) is 3.52. The number of anilines is 2. The zero-order valence-electron chi connectivity index (χ0n) is 26.0. The van der Waals surface area contributed by atoms with Gasteiger partial charge in [0.15, 0.2) is 6.10 Å². The first-order valence-corrected chi connectivity index (χ1v) is 17.2. The molecule has 0 spiro atoms. The van der Waals surface area contributed by atoms with E-state index in [4.69, 9.17) is 14.2 Å². The van der Waals surface area contributed by atoms with Gasteiger partial charge in [0.1, 0.15) is 17.4 Å². The first-order chi connectivity index (χ1) is 23.1. The molecule has 0 unspecified atom stereocenters. The van der Waals surface area contributed by atoms with E-state index in [2.05, 4.69) is 10.0 Å². The topological polar surface area (TPSA) is 137 Å². The summed E-state index contributed by atoms with van der Waals surface area (Å²) in [5.74, 6) is -1.62. The molecular formula is C36H32N2O8S2. The third-order valence-corrected chi connectivity index (χ3v) is 9.39. The molecule has 0 saturated carbocycles. The fourth-order valence-electron chi connectivity index (χ4n) is 4.45. The van der Waals surface area contributed by atoms with E-state index in [0.717, 1.165) is 22.1 Å². The number of carbonyl (C=O) groups excluding carboxylic acids is 3. The van der Waals surface area contributed by atoms with E-state index in [1.165, 1.54) is 36.5 Å². The molecule has 1 aromatic heterocycles. The molecule has 246 valence electrons. The molecule has 12 heteroatoms. The number of benzene rings is 4. The summed E-state index contributed by atoms with van der Waals surface area (Å²) in [4.78, 5) is 39.3. The predicted octanol–water partition coefficient (Wildman–Crippen LogP) is 7.16. The van der Waals surface area contributed by atoms with E-state index in [-0.39, 0.29) is 27.6 Å². The maximum Gasteiger partial charge on any atom is 0.341 e. The monoisotopic (exact) mass is 684 g/mol. The molecule has 48 heavy (non-hydrogen) atoms. The zero-order chi connectivity index (χ0) is 34.1. The zero-order valence-corrected chi connectivity index (χ0v) is 27.7. The van der Waals surface area contributed by atoms with Gasteiger partial charge in [-0.1, -0.05) is 66.7 Å². The van der Waals surface area contributed by atoms with Gasteiger partial charge in [0, 0.05) is 10.6 Å². The van der Waals surface area contributed by atoms with E-state index < -0.39 is 34.0 Å². The van der Waals surface area contributed by atoms with Crippen LogP contribution < -0.4 is 14.8 Å². The molecular weight excluding hydrogens is 653 g/mol. The van der Waals surface area contributed by atoms with E-state index in [9.17, 15) is 22.8 Å². The van der Waals surface area contributed by atoms with Crippen LogP contribution in [0.25, 0.3) is 10.4 Å². The van der Waals surface area contributed by atoms with E-state index in [1.54, 1.807) is 37.3 Å². The molecule has 5 rings (SSSR count). The molecule has 4 aromatic carbocycles. The summed E-state index contributed by atoms with van der Waals surface area (Å²) in [5, 5.41) is 2.91. The van der Waals surface area contributed by atoms with E-state index >= 15 is 0 Å². The Balaban J connectivity index is 1.22. The van der Waals surface area contributed by atoms with Gasteiger partial charge in [0.2, 0.25) is 0 Å². The highest BCUT2D eigenvalue weighted by Crippen LogP contribution is 2.36. The lowest BCUT2D eigenvalue weighted by Crippen LogP contribution is -2.30. The second kappa shape index (κ2) is 15.4. The first kappa shape index (κ1) is 33.9. The number of thiophene rings is 1. The van der Waals surface area contributed by atoms with Crippen molar-refractivity contribution in [1.29, 1.82) is 0 Å². The van der Waals surface area contributed by atoms with Crippen LogP contribution in [0.4, 0.5) is 10.7 Å². The summed E-state index contributed by atoms with van der Waals surface area (Å²) in [5.41, 5.74) is 2.25. The van der Waals surface area contributed by atoms with E-state index in [1.807, 2.05) is 60.7 Å². The molecule has 0 fully saturated rings. The Morgan fingerprint density at radius 3 is 2.19 bits per heavy atom. The van der Waals surface area contributed by atoms with Crippen molar-refractivity contribution in [3.05, 3.63) is 132 Å². The van der Waals surface area contributed by atoms with Crippen molar-refractivity contribution in [3.8, 4) is 16.2 Å². The minimum absolute atomic E-state index is 0.0723. The fourth-order valence-corrected chi connectivity index (χ4v) is 6.61. The average molecular weight is 685 g/mol. The lowest BCUT2D eigenvalue weighted by molar-refractivity contribution is -0.123. The van der Waals surface area contributed by atoms with Crippen LogP contribution in [0, 0.1) is 0 Å². The van der Waals surface area contributed by atoms with Crippen molar-refractivity contribution >= 4 is 49.9 Å². The number of rotatable bonds is 13. The second-order valence-corrected chi connectivity index (χ2v) is 13.1. The second-order valence-electron chi connectivity index (χ2n) is 10.4. The van der Waals surface area contributed by atoms with Crippen LogP contribution in [-0.2, 0) is 30.9 Å². The van der Waals surface area contributed by atoms with Crippen molar-refractivity contribution < 1.29 is 37.0 Å². The van der Waals surface area contributed by atoms with Crippen LogP contribution in [0.2, 0.25) is 0 Å². The van der Waals surface area contributed by atoms with Gasteiger partial charge in [-0.3, -0.25) is 9.52 Å². The van der Waals surface area contributed by atoms with Crippen LogP contribution >= 0.6 is 11.3 Å². The van der Waals surface area contributed by atoms with Crippen molar-refractivity contribution in [3.63, 3.8) is 0 Å². The third kappa shape index (κ3) is 8.66. The lowest BCUT2D eigenvalue weighted by Gasteiger charge is -2.14. The number of hydrogen-bond acceptors (Lipinski definition) is 9. The normalized spacial score (nSPS) is 11.6. The van der Waals surface area contributed by atoms with Crippen molar-refractivity contribution in [2.24, 2.45) is 0 Å². The number of esters is 2. The standard InChI is InChI=1S/C36H32N2O8S2/c1-3-44-36(41)31-22-32(26-13-8-5-9-14-26)47-34(31)37-33(39)24(2)46-35(40)27-15-10-16-30(21-27)48(42,43)38-28-17-19-29(20-18-28)45-23-25-11-6-4-7-12-25/h4-22,24,38H,3,23H2,1-2H3,(H,37,39)/t24-/m0/s1. The first-order valence-electron chi connectivity index (χ1n) is 14.9. The number of carbonyl (C=O) groups is 3. The molecule has 1 amide bonds. The molecule has 0 saturated heterocycles. The maximum atomic E-state index is 13.1. The summed E-state index contributed by atoms with van der Waals surface area (Å²) in [7, 11) is -4.08. The molecule has 10 nitrogen and oxygen atoms in total. The number of nitrogens with one attached hydrogen (secondary N) is 2. The van der Waals surface area contributed by atoms with Gasteiger partial charge in [0.05, 0.1) is 22.6 Å². The Morgan fingerprint density at radius 1 is 0.812 bits per heavy atom. The molecule has 0 aliphatic heterocycles. The van der Waals surface area contributed by atoms with Crippen molar-refractivity contribution in [2.45, 2.75) is 31.5 Å². The summed E-state index contributed by atoms with van der Waals surface area (Å²) in [6, 6.07) is 32.3. The Labute approximate surface area is 282 Å². The fraction of sp³-hybridized carbons (Fsp3) is 0.139. The predicted molar refractivity (Wildman–Crippen MR) is 184 cm³/mol. The van der Waals surface area contributed by atoms with Crippen molar-refractivity contribution in [1.82, 2.24) is 0 Å². The Morgan fingerprint density at radius 2 is 1.50 bits per heavy atom. The summed E-state index contributed by atoms with van der Waals surface area (Å²) < 4.78 is 45.1. The lowest BCUT2D eigenvalue weighted by atomic mass is 10.1. The van der Waals surface area contributed by atoms with Crippen molar-refractivity contribution in [2.75, 3.05) is 16.6 Å². The minimum Gasteiger partial charge on any atom is -0.489 e. The number of hydrogen-bond donors (Lipinski definition) is 2. The number of ether oxygens (including phenoxy) is 3. The van der Waals surface area contributed by atoms with Crippen LogP contribution in [0.1, 0.15) is 40.1 Å². The number of amides is 1. The Bertz CT molecular complexity index is 2000. The van der Waals surface area contributed by atoms with Gasteiger partial charge in [-0.05, 0) is 73.5 Å². The smallest absolute Gasteiger partial charge is 0.341 e. The van der Waals surface area contributed by atoms with Gasteiger partial charge in [0.25, 0.3) is 15.9 Å².